The molecule has 0 radical (unpaired) electrons. The van der Waals surface area contributed by atoms with Gasteiger partial charge in [0.2, 0.25) is 15.9 Å². The van der Waals surface area contributed by atoms with Crippen molar-refractivity contribution in [1.82, 2.24) is 9.79 Å². The average Bonchev–Trinajstić information content (AvgIpc) is 2.83. The smallest absolute Gasteiger partial charge is 0.246 e. The number of hydrogen-bond acceptors (Lipinski definition) is 5. The summed E-state index contributed by atoms with van der Waals surface area (Å²) in [7, 11) is -2.13. The van der Waals surface area contributed by atoms with Gasteiger partial charge < -0.3 is 4.74 Å². The topological polar surface area (TPSA) is 95.9 Å². The van der Waals surface area contributed by atoms with Crippen LogP contribution in [0, 0.1) is 11.8 Å². The molecule has 7 nitrogen and oxygen atoms in total. The summed E-state index contributed by atoms with van der Waals surface area (Å²) in [6, 6.07) is 14.6. The van der Waals surface area contributed by atoms with Gasteiger partial charge in [-0.1, -0.05) is 45.0 Å². The number of hydroxylamine groups is 1. The molecule has 2 N–H and O–H groups in total. The number of hydrogen-bond donors (Lipinski definition) is 2. The van der Waals surface area contributed by atoms with E-state index in [-0.39, 0.29) is 34.6 Å². The van der Waals surface area contributed by atoms with Crippen LogP contribution < -0.4 is 10.2 Å². The molecule has 1 amide bonds. The Morgan fingerprint density at radius 3 is 2.12 bits per heavy atom. The number of methoxy groups -OCH3 is 1. The van der Waals surface area contributed by atoms with Gasteiger partial charge in [0.15, 0.2) is 0 Å². The Morgan fingerprint density at radius 2 is 1.62 bits per heavy atom. The fraction of sp³-hybridized carbons (Fsp3) is 0.500. The molecule has 0 aliphatic heterocycles. The number of nitrogens with zero attached hydrogens (tertiary/aromatic N) is 1. The number of sulfonamides is 1. The van der Waals surface area contributed by atoms with Crippen LogP contribution in [-0.2, 0) is 26.8 Å². The molecular formula is C26H36N2O5S. The van der Waals surface area contributed by atoms with Crippen molar-refractivity contribution in [1.29, 1.82) is 0 Å². The Balaban J connectivity index is 1.83. The number of benzene rings is 2. The molecule has 0 spiro atoms. The number of nitrogens with one attached hydrogen (secondary N) is 1. The van der Waals surface area contributed by atoms with Crippen LogP contribution in [0.2, 0.25) is 0 Å². The van der Waals surface area contributed by atoms with E-state index < -0.39 is 10.0 Å². The molecule has 0 unspecified atom stereocenters. The zero-order valence-electron chi connectivity index (χ0n) is 20.5. The second-order valence-electron chi connectivity index (χ2n) is 10.1. The predicted octanol–water partition coefficient (Wildman–Crippen LogP) is 4.50. The SMILES string of the molecule is COc1ccc(CN(CC2CCC(C(=O)NO)CC2)S(=O)(=O)c2ccc(C(C)(C)C)cc2)cc1. The largest absolute Gasteiger partial charge is 0.497 e. The molecule has 0 heterocycles. The lowest BCUT2D eigenvalue weighted by molar-refractivity contribution is -0.134. The third kappa shape index (κ3) is 6.37. The van der Waals surface area contributed by atoms with Gasteiger partial charge in [0, 0.05) is 19.0 Å². The summed E-state index contributed by atoms with van der Waals surface area (Å²) in [4.78, 5) is 12.0. The number of carbonyl (C=O) groups is 1. The van der Waals surface area contributed by atoms with Crippen LogP contribution in [0.25, 0.3) is 0 Å². The summed E-state index contributed by atoms with van der Waals surface area (Å²) < 4.78 is 34.2. The second kappa shape index (κ2) is 10.9. The van der Waals surface area contributed by atoms with E-state index in [1.165, 1.54) is 0 Å². The van der Waals surface area contributed by atoms with E-state index in [9.17, 15) is 13.2 Å². The highest BCUT2D eigenvalue weighted by molar-refractivity contribution is 7.89. The van der Waals surface area contributed by atoms with Crippen LogP contribution in [0.4, 0.5) is 0 Å². The van der Waals surface area contributed by atoms with Gasteiger partial charge in [-0.3, -0.25) is 10.0 Å². The van der Waals surface area contributed by atoms with E-state index in [1.807, 2.05) is 36.4 Å². The van der Waals surface area contributed by atoms with Gasteiger partial charge in [0.25, 0.3) is 0 Å². The van der Waals surface area contributed by atoms with Gasteiger partial charge in [0.1, 0.15) is 5.75 Å². The van der Waals surface area contributed by atoms with E-state index in [2.05, 4.69) is 20.8 Å². The maximum atomic E-state index is 13.7. The van der Waals surface area contributed by atoms with Crippen LogP contribution in [0.15, 0.2) is 53.4 Å². The Labute approximate surface area is 203 Å². The zero-order chi connectivity index (χ0) is 24.9. The molecule has 0 saturated heterocycles. The fourth-order valence-electron chi connectivity index (χ4n) is 4.44. The summed E-state index contributed by atoms with van der Waals surface area (Å²) in [6.45, 7) is 6.92. The van der Waals surface area contributed by atoms with Crippen molar-refractivity contribution in [3.05, 3.63) is 59.7 Å². The minimum Gasteiger partial charge on any atom is -0.497 e. The predicted molar refractivity (Wildman–Crippen MR) is 131 cm³/mol. The monoisotopic (exact) mass is 488 g/mol. The molecule has 0 atom stereocenters. The molecule has 186 valence electrons. The first-order valence-electron chi connectivity index (χ1n) is 11.7. The first-order chi connectivity index (χ1) is 16.0. The Hall–Kier alpha value is -2.42. The number of carbonyl (C=O) groups excluding carboxylic acids is 1. The fourth-order valence-corrected chi connectivity index (χ4v) is 5.95. The highest BCUT2D eigenvalue weighted by atomic mass is 32.2. The summed E-state index contributed by atoms with van der Waals surface area (Å²) >= 11 is 0. The molecule has 1 aliphatic carbocycles. The van der Waals surface area contributed by atoms with Crippen LogP contribution >= 0.6 is 0 Å². The van der Waals surface area contributed by atoms with Crippen molar-refractivity contribution < 1.29 is 23.2 Å². The van der Waals surface area contributed by atoms with Crippen molar-refractivity contribution >= 4 is 15.9 Å². The molecule has 3 rings (SSSR count). The first kappa shape index (κ1) is 26.2. The Morgan fingerprint density at radius 1 is 1.03 bits per heavy atom. The van der Waals surface area contributed by atoms with Crippen molar-refractivity contribution in [3.63, 3.8) is 0 Å². The van der Waals surface area contributed by atoms with Crippen LogP contribution in [0.3, 0.4) is 0 Å². The standard InChI is InChI=1S/C26H36N2O5S/c1-26(2,3)22-11-15-24(16-12-22)34(31,32)28(18-20-7-13-23(33-4)14-8-20)17-19-5-9-21(10-6-19)25(29)27-30/h7-8,11-16,19,21,30H,5-6,9-10,17-18H2,1-4H3,(H,27,29). The van der Waals surface area contributed by atoms with E-state index in [4.69, 9.17) is 9.94 Å². The van der Waals surface area contributed by atoms with Crippen molar-refractivity contribution in [2.24, 2.45) is 11.8 Å². The van der Waals surface area contributed by atoms with Crippen molar-refractivity contribution in [3.8, 4) is 5.75 Å². The van der Waals surface area contributed by atoms with Gasteiger partial charge in [0.05, 0.1) is 12.0 Å². The molecule has 2 aromatic carbocycles. The average molecular weight is 489 g/mol. The highest BCUT2D eigenvalue weighted by Crippen LogP contribution is 2.32. The molecule has 1 saturated carbocycles. The molecule has 2 aromatic rings. The number of rotatable bonds is 8. The van der Waals surface area contributed by atoms with E-state index in [0.29, 0.717) is 19.4 Å². The number of ether oxygens (including phenoxy) is 1. The van der Waals surface area contributed by atoms with Gasteiger partial charge >= 0.3 is 0 Å². The number of amides is 1. The van der Waals surface area contributed by atoms with Gasteiger partial charge in [-0.2, -0.15) is 4.31 Å². The van der Waals surface area contributed by atoms with Crippen molar-refractivity contribution in [2.45, 2.75) is 63.3 Å². The Kier molecular flexibility index (Phi) is 8.38. The van der Waals surface area contributed by atoms with Gasteiger partial charge in [-0.25, -0.2) is 13.9 Å². The van der Waals surface area contributed by atoms with E-state index in [1.54, 1.807) is 29.0 Å². The molecular weight excluding hydrogens is 452 g/mol. The van der Waals surface area contributed by atoms with Gasteiger partial charge in [-0.15, -0.1) is 0 Å². The van der Waals surface area contributed by atoms with E-state index in [0.717, 1.165) is 29.7 Å². The summed E-state index contributed by atoms with van der Waals surface area (Å²) in [5, 5.41) is 8.91. The van der Waals surface area contributed by atoms with Crippen LogP contribution in [0.1, 0.15) is 57.6 Å². The quantitative estimate of drug-likeness (QED) is 0.421. The summed E-state index contributed by atoms with van der Waals surface area (Å²) in [5.74, 6) is 0.277. The minimum atomic E-state index is -3.73. The lowest BCUT2D eigenvalue weighted by Crippen LogP contribution is -2.38. The summed E-state index contributed by atoms with van der Waals surface area (Å²) in [5.41, 5.74) is 3.63. The molecule has 0 aromatic heterocycles. The summed E-state index contributed by atoms with van der Waals surface area (Å²) in [6.07, 6.45) is 2.73. The maximum Gasteiger partial charge on any atom is 0.246 e. The molecule has 0 bridgehead atoms. The van der Waals surface area contributed by atoms with E-state index >= 15 is 0 Å². The lowest BCUT2D eigenvalue weighted by Gasteiger charge is -2.32. The van der Waals surface area contributed by atoms with Gasteiger partial charge in [-0.05, 0) is 72.4 Å². The maximum absolute atomic E-state index is 13.7. The third-order valence-corrected chi connectivity index (χ3v) is 8.49. The first-order valence-corrected chi connectivity index (χ1v) is 13.2. The van der Waals surface area contributed by atoms with Crippen molar-refractivity contribution in [2.75, 3.05) is 13.7 Å². The Bertz CT molecular complexity index is 1050. The zero-order valence-corrected chi connectivity index (χ0v) is 21.3. The third-order valence-electron chi connectivity index (χ3n) is 6.67. The van der Waals surface area contributed by atoms with Crippen LogP contribution in [-0.4, -0.2) is 37.5 Å². The molecule has 1 aliphatic rings. The normalized spacial score (nSPS) is 19.1. The van der Waals surface area contributed by atoms with Crippen LogP contribution in [0.5, 0.6) is 5.75 Å². The minimum absolute atomic E-state index is 0.0649. The molecule has 1 fully saturated rings. The lowest BCUT2D eigenvalue weighted by atomic mass is 9.81. The second-order valence-corrected chi connectivity index (χ2v) is 12.1. The molecule has 34 heavy (non-hydrogen) atoms. The highest BCUT2D eigenvalue weighted by Gasteiger charge is 2.32. The molecule has 8 heteroatoms.